The third-order valence-corrected chi connectivity index (χ3v) is 3.64. The summed E-state index contributed by atoms with van der Waals surface area (Å²) >= 11 is 0. The molecule has 0 atom stereocenters. The fraction of sp³-hybridized carbons (Fsp3) is 0.533. The number of amides is 2. The Balaban J connectivity index is 2.19. The van der Waals surface area contributed by atoms with Crippen molar-refractivity contribution in [2.75, 3.05) is 36.5 Å². The van der Waals surface area contributed by atoms with Crippen LogP contribution in [0.4, 0.5) is 29.3 Å². The number of hydrogen-bond donors (Lipinski definition) is 3. The maximum atomic E-state index is 12.9. The number of rotatable bonds is 5. The average Bonchev–Trinajstić information content (AvgIpc) is 3.00. The molecule has 1 aromatic rings. The lowest BCUT2D eigenvalue weighted by Gasteiger charge is -2.23. The molecule has 1 saturated heterocycles. The van der Waals surface area contributed by atoms with Gasteiger partial charge >= 0.3 is 12.2 Å². The summed E-state index contributed by atoms with van der Waals surface area (Å²) in [6.07, 6.45) is -2.13. The van der Waals surface area contributed by atoms with Crippen LogP contribution >= 0.6 is 0 Å². The molecule has 1 aliphatic heterocycles. The van der Waals surface area contributed by atoms with Crippen LogP contribution in [0.1, 0.15) is 24.8 Å². The van der Waals surface area contributed by atoms with Crippen molar-refractivity contribution in [3.05, 3.63) is 23.8 Å². The van der Waals surface area contributed by atoms with E-state index in [1.165, 1.54) is 6.07 Å². The van der Waals surface area contributed by atoms with Crippen LogP contribution in [0.2, 0.25) is 0 Å². The van der Waals surface area contributed by atoms with E-state index >= 15 is 0 Å². The molecular weight excluding hydrogens is 311 g/mol. The van der Waals surface area contributed by atoms with Gasteiger partial charge in [-0.1, -0.05) is 0 Å². The third-order valence-electron chi connectivity index (χ3n) is 3.64. The van der Waals surface area contributed by atoms with Crippen LogP contribution in [-0.2, 0) is 6.18 Å². The maximum absolute atomic E-state index is 12.9. The van der Waals surface area contributed by atoms with Crippen LogP contribution in [0.5, 0.6) is 0 Å². The topological polar surface area (TPSA) is 64.6 Å². The highest BCUT2D eigenvalue weighted by Crippen LogP contribution is 2.36. The number of anilines is 2. The van der Waals surface area contributed by atoms with Gasteiger partial charge in [0.15, 0.2) is 0 Å². The molecule has 23 heavy (non-hydrogen) atoms. The fourth-order valence-corrected chi connectivity index (χ4v) is 2.49. The van der Waals surface area contributed by atoms with Gasteiger partial charge < -0.3 is 20.6 Å². The van der Waals surface area contributed by atoms with Crippen molar-refractivity contribution >= 4 is 17.4 Å². The van der Waals surface area contributed by atoms with Gasteiger partial charge in [-0.3, -0.25) is 0 Å². The van der Waals surface area contributed by atoms with Crippen molar-refractivity contribution in [1.82, 2.24) is 5.32 Å². The summed E-state index contributed by atoms with van der Waals surface area (Å²) in [7, 11) is 0. The molecule has 8 heteroatoms. The lowest BCUT2D eigenvalue weighted by Crippen LogP contribution is -2.31. The molecule has 0 aromatic heterocycles. The maximum Gasteiger partial charge on any atom is 0.416 e. The second kappa shape index (κ2) is 7.54. The lowest BCUT2D eigenvalue weighted by molar-refractivity contribution is -0.137. The predicted octanol–water partition coefficient (Wildman–Crippen LogP) is 2.81. The largest absolute Gasteiger partial charge is 0.416 e. The van der Waals surface area contributed by atoms with Crippen LogP contribution in [-0.4, -0.2) is 37.4 Å². The van der Waals surface area contributed by atoms with Crippen molar-refractivity contribution in [1.29, 1.82) is 0 Å². The van der Waals surface area contributed by atoms with E-state index in [0.29, 0.717) is 12.1 Å². The molecule has 128 valence electrons. The molecule has 3 N–H and O–H groups in total. The molecule has 2 rings (SSSR count). The number of alkyl halides is 3. The zero-order chi connectivity index (χ0) is 16.9. The van der Waals surface area contributed by atoms with Crippen LogP contribution in [0.15, 0.2) is 18.2 Å². The first kappa shape index (κ1) is 17.4. The van der Waals surface area contributed by atoms with Crippen LogP contribution < -0.4 is 15.5 Å². The molecule has 0 radical (unpaired) electrons. The van der Waals surface area contributed by atoms with Crippen LogP contribution in [0.25, 0.3) is 0 Å². The lowest BCUT2D eigenvalue weighted by atomic mass is 10.1. The molecule has 0 unspecified atom stereocenters. The average molecular weight is 331 g/mol. The summed E-state index contributed by atoms with van der Waals surface area (Å²) < 4.78 is 38.7. The van der Waals surface area contributed by atoms with Crippen molar-refractivity contribution in [2.24, 2.45) is 0 Å². The Morgan fingerprint density at radius 1 is 1.26 bits per heavy atom. The van der Waals surface area contributed by atoms with E-state index < -0.39 is 17.8 Å². The molecule has 5 nitrogen and oxygen atoms in total. The second-order valence-electron chi connectivity index (χ2n) is 5.38. The molecule has 1 aliphatic rings. The number of aliphatic hydroxyl groups excluding tert-OH is 1. The van der Waals surface area contributed by atoms with E-state index in [2.05, 4.69) is 10.6 Å². The first-order valence-corrected chi connectivity index (χ1v) is 7.53. The summed E-state index contributed by atoms with van der Waals surface area (Å²) in [5.41, 5.74) is -0.0675. The molecule has 1 heterocycles. The highest BCUT2D eigenvalue weighted by Gasteiger charge is 2.32. The quantitative estimate of drug-likeness (QED) is 0.727. The minimum atomic E-state index is -4.46. The number of nitrogens with one attached hydrogen (secondary N) is 2. The Morgan fingerprint density at radius 2 is 1.96 bits per heavy atom. The van der Waals surface area contributed by atoms with Gasteiger partial charge in [-0.15, -0.1) is 0 Å². The molecule has 1 fully saturated rings. The van der Waals surface area contributed by atoms with E-state index in [4.69, 9.17) is 5.11 Å². The van der Waals surface area contributed by atoms with Gasteiger partial charge in [0.05, 0.1) is 16.9 Å². The van der Waals surface area contributed by atoms with Gasteiger partial charge in [-0.05, 0) is 37.5 Å². The van der Waals surface area contributed by atoms with Gasteiger partial charge in [0.2, 0.25) is 0 Å². The number of nitrogens with zero attached hydrogens (tertiary/aromatic N) is 1. The molecule has 2 amide bonds. The zero-order valence-electron chi connectivity index (χ0n) is 12.6. The number of aliphatic hydroxyl groups is 1. The van der Waals surface area contributed by atoms with Crippen LogP contribution in [0.3, 0.4) is 0 Å². The normalized spacial score (nSPS) is 14.9. The van der Waals surface area contributed by atoms with Crippen molar-refractivity contribution in [3.63, 3.8) is 0 Å². The first-order chi connectivity index (χ1) is 10.9. The highest BCUT2D eigenvalue weighted by molar-refractivity contribution is 5.93. The molecule has 0 saturated carbocycles. The number of urea groups is 1. The fourth-order valence-electron chi connectivity index (χ4n) is 2.49. The van der Waals surface area contributed by atoms with E-state index in [9.17, 15) is 18.0 Å². The molecule has 0 spiro atoms. The summed E-state index contributed by atoms with van der Waals surface area (Å²) in [5.74, 6) is 0. The number of halogens is 3. The van der Waals surface area contributed by atoms with Crippen molar-refractivity contribution in [2.45, 2.75) is 25.4 Å². The van der Waals surface area contributed by atoms with Crippen molar-refractivity contribution < 1.29 is 23.1 Å². The first-order valence-electron chi connectivity index (χ1n) is 7.53. The third kappa shape index (κ3) is 4.75. The number of carbonyl (C=O) groups is 1. The van der Waals surface area contributed by atoms with E-state index in [-0.39, 0.29) is 18.8 Å². The Hall–Kier alpha value is -1.96. The monoisotopic (exact) mass is 331 g/mol. The number of hydrogen-bond acceptors (Lipinski definition) is 3. The standard InChI is InChI=1S/C15H20F3N3O2/c16-15(17,18)11-4-5-13(21-7-1-2-8-21)12(10-11)20-14(23)19-6-3-9-22/h4-5,10,22H,1-3,6-9H2,(H2,19,20,23). The van der Waals surface area contributed by atoms with Gasteiger partial charge in [-0.2, -0.15) is 13.2 Å². The summed E-state index contributed by atoms with van der Waals surface area (Å²) in [4.78, 5) is 13.8. The summed E-state index contributed by atoms with van der Waals surface area (Å²) in [5, 5.41) is 13.7. The second-order valence-corrected chi connectivity index (χ2v) is 5.38. The Bertz CT molecular complexity index is 543. The zero-order valence-corrected chi connectivity index (χ0v) is 12.6. The minimum Gasteiger partial charge on any atom is -0.396 e. The van der Waals surface area contributed by atoms with E-state index in [0.717, 1.165) is 38.1 Å². The molecule has 0 bridgehead atoms. The summed E-state index contributed by atoms with van der Waals surface area (Å²) in [6.45, 7) is 1.70. The van der Waals surface area contributed by atoms with Gasteiger partial charge in [0.25, 0.3) is 0 Å². The highest BCUT2D eigenvalue weighted by atomic mass is 19.4. The van der Waals surface area contributed by atoms with Crippen molar-refractivity contribution in [3.8, 4) is 0 Å². The smallest absolute Gasteiger partial charge is 0.396 e. The SMILES string of the molecule is O=C(NCCCO)Nc1cc(C(F)(F)F)ccc1N1CCCC1. The predicted molar refractivity (Wildman–Crippen MR) is 81.6 cm³/mol. The van der Waals surface area contributed by atoms with Gasteiger partial charge in [-0.25, -0.2) is 4.79 Å². The molecular formula is C15H20F3N3O2. The van der Waals surface area contributed by atoms with Crippen LogP contribution in [0, 0.1) is 0 Å². The summed E-state index contributed by atoms with van der Waals surface area (Å²) in [6, 6.07) is 2.80. The molecule has 1 aromatic carbocycles. The Morgan fingerprint density at radius 3 is 2.57 bits per heavy atom. The Labute approximate surface area is 132 Å². The minimum absolute atomic E-state index is 0.0666. The Kier molecular flexibility index (Phi) is 5.70. The number of carbonyl (C=O) groups excluding carboxylic acids is 1. The number of benzene rings is 1. The van der Waals surface area contributed by atoms with E-state index in [1.807, 2.05) is 4.90 Å². The molecule has 0 aliphatic carbocycles. The van der Waals surface area contributed by atoms with Gasteiger partial charge in [0, 0.05) is 26.2 Å². The van der Waals surface area contributed by atoms with Gasteiger partial charge in [0.1, 0.15) is 0 Å². The van der Waals surface area contributed by atoms with E-state index in [1.54, 1.807) is 0 Å².